The molecular formula is C13H15ClN2O2. The minimum absolute atomic E-state index is 0.0329. The average molecular weight is 267 g/mol. The van der Waals surface area contributed by atoms with Crippen molar-refractivity contribution in [2.75, 3.05) is 0 Å². The fourth-order valence-corrected chi connectivity index (χ4v) is 1.88. The summed E-state index contributed by atoms with van der Waals surface area (Å²) in [5, 5.41) is 14.5. The van der Waals surface area contributed by atoms with Gasteiger partial charge in [-0.05, 0) is 12.5 Å². The van der Waals surface area contributed by atoms with Crippen molar-refractivity contribution in [3.05, 3.63) is 38.9 Å². The Kier molecular flexibility index (Phi) is 5.63. The largest absolute Gasteiger partial charge is 0.309 e. The highest BCUT2D eigenvalue weighted by atomic mass is 35.5. The maximum Gasteiger partial charge on any atom is 0.275 e. The van der Waals surface area contributed by atoms with E-state index >= 15 is 0 Å². The molecule has 0 saturated carbocycles. The Balaban J connectivity index is 2.84. The molecule has 1 atom stereocenters. The second-order valence-electron chi connectivity index (χ2n) is 3.89. The maximum atomic E-state index is 10.9. The van der Waals surface area contributed by atoms with E-state index in [2.05, 4.69) is 11.2 Å². The standard InChI is InChI=1S/C13H15ClN2O2/c1-3-6-10(4-2)15-9-11-12(14)7-5-8-13(11)16(17)18/h1,5,7-8,10,15H,4,6,9H2,2H3. The molecule has 0 aliphatic heterocycles. The topological polar surface area (TPSA) is 55.2 Å². The van der Waals surface area contributed by atoms with Crippen molar-refractivity contribution in [1.82, 2.24) is 5.32 Å². The smallest absolute Gasteiger partial charge is 0.275 e. The lowest BCUT2D eigenvalue weighted by molar-refractivity contribution is -0.385. The lowest BCUT2D eigenvalue weighted by atomic mass is 10.1. The average Bonchev–Trinajstić information content (AvgIpc) is 2.35. The highest BCUT2D eigenvalue weighted by molar-refractivity contribution is 6.31. The molecule has 0 fully saturated rings. The van der Waals surface area contributed by atoms with Gasteiger partial charge in [0.2, 0.25) is 0 Å². The van der Waals surface area contributed by atoms with E-state index in [0.29, 0.717) is 23.6 Å². The number of nitro benzene ring substituents is 1. The Hall–Kier alpha value is -1.57. The van der Waals surface area contributed by atoms with Crippen LogP contribution in [0.25, 0.3) is 0 Å². The second kappa shape index (κ2) is 7.00. The highest BCUT2D eigenvalue weighted by Crippen LogP contribution is 2.26. The van der Waals surface area contributed by atoms with E-state index in [1.54, 1.807) is 12.1 Å². The molecule has 1 N–H and O–H groups in total. The predicted octanol–water partition coefficient (Wildman–Crippen LogP) is 3.14. The summed E-state index contributed by atoms with van der Waals surface area (Å²) in [7, 11) is 0. The van der Waals surface area contributed by atoms with E-state index in [4.69, 9.17) is 18.0 Å². The van der Waals surface area contributed by atoms with Crippen molar-refractivity contribution in [2.24, 2.45) is 0 Å². The fraction of sp³-hybridized carbons (Fsp3) is 0.385. The molecule has 1 unspecified atom stereocenters. The summed E-state index contributed by atoms with van der Waals surface area (Å²) in [6.45, 7) is 2.35. The van der Waals surface area contributed by atoms with Gasteiger partial charge in [0.05, 0.1) is 15.5 Å². The van der Waals surface area contributed by atoms with Crippen LogP contribution >= 0.6 is 11.6 Å². The van der Waals surface area contributed by atoms with Gasteiger partial charge in [-0.1, -0.05) is 24.6 Å². The van der Waals surface area contributed by atoms with Crippen LogP contribution < -0.4 is 5.32 Å². The normalized spacial score (nSPS) is 11.8. The third-order valence-corrected chi connectivity index (χ3v) is 3.07. The van der Waals surface area contributed by atoms with Crippen LogP contribution in [0.2, 0.25) is 5.02 Å². The van der Waals surface area contributed by atoms with Crippen LogP contribution in [-0.2, 0) is 6.54 Å². The van der Waals surface area contributed by atoms with E-state index < -0.39 is 4.92 Å². The Labute approximate surface area is 111 Å². The van der Waals surface area contributed by atoms with Crippen LogP contribution in [-0.4, -0.2) is 11.0 Å². The van der Waals surface area contributed by atoms with E-state index in [1.165, 1.54) is 6.07 Å². The molecule has 0 aliphatic carbocycles. The first-order valence-electron chi connectivity index (χ1n) is 5.68. The molecule has 18 heavy (non-hydrogen) atoms. The molecule has 0 aromatic heterocycles. The minimum atomic E-state index is -0.426. The van der Waals surface area contributed by atoms with Gasteiger partial charge in [-0.3, -0.25) is 10.1 Å². The first-order chi connectivity index (χ1) is 8.60. The molecule has 0 bridgehead atoms. The highest BCUT2D eigenvalue weighted by Gasteiger charge is 2.17. The molecular weight excluding hydrogens is 252 g/mol. The molecule has 0 aliphatic rings. The van der Waals surface area contributed by atoms with E-state index in [-0.39, 0.29) is 11.7 Å². The molecule has 0 radical (unpaired) electrons. The molecule has 0 heterocycles. The predicted molar refractivity (Wildman–Crippen MR) is 72.5 cm³/mol. The number of terminal acetylenes is 1. The number of halogens is 1. The summed E-state index contributed by atoms with van der Waals surface area (Å²) in [4.78, 5) is 10.5. The van der Waals surface area contributed by atoms with Crippen molar-refractivity contribution in [1.29, 1.82) is 0 Å². The van der Waals surface area contributed by atoms with Crippen molar-refractivity contribution in [3.63, 3.8) is 0 Å². The Bertz CT molecular complexity index is 469. The summed E-state index contributed by atoms with van der Waals surface area (Å²) < 4.78 is 0. The third kappa shape index (κ3) is 3.73. The van der Waals surface area contributed by atoms with Gasteiger partial charge in [0.1, 0.15) is 0 Å². The zero-order valence-electron chi connectivity index (χ0n) is 10.1. The van der Waals surface area contributed by atoms with Gasteiger partial charge in [0, 0.05) is 25.1 Å². The fourth-order valence-electron chi connectivity index (χ4n) is 1.64. The SMILES string of the molecule is C#CCC(CC)NCc1c(Cl)cccc1[N+](=O)[O-]. The number of hydrogen-bond donors (Lipinski definition) is 1. The number of rotatable bonds is 6. The number of nitro groups is 1. The Morgan fingerprint density at radius 2 is 2.33 bits per heavy atom. The van der Waals surface area contributed by atoms with Gasteiger partial charge in [0.15, 0.2) is 0 Å². The van der Waals surface area contributed by atoms with Crippen molar-refractivity contribution >= 4 is 17.3 Å². The summed E-state index contributed by atoms with van der Waals surface area (Å²) in [5.74, 6) is 2.58. The first-order valence-corrected chi connectivity index (χ1v) is 6.06. The molecule has 0 saturated heterocycles. The summed E-state index contributed by atoms with van der Waals surface area (Å²) >= 11 is 5.99. The van der Waals surface area contributed by atoms with Gasteiger partial charge in [-0.15, -0.1) is 12.3 Å². The minimum Gasteiger partial charge on any atom is -0.309 e. The van der Waals surface area contributed by atoms with Crippen molar-refractivity contribution in [3.8, 4) is 12.3 Å². The summed E-state index contributed by atoms with van der Waals surface area (Å²) in [6.07, 6.45) is 6.71. The molecule has 0 spiro atoms. The van der Waals surface area contributed by atoms with E-state index in [1.807, 2.05) is 6.92 Å². The van der Waals surface area contributed by atoms with E-state index in [9.17, 15) is 10.1 Å². The summed E-state index contributed by atoms with van der Waals surface area (Å²) in [5.41, 5.74) is 0.533. The number of nitrogens with one attached hydrogen (secondary N) is 1. The molecule has 1 aromatic carbocycles. The second-order valence-corrected chi connectivity index (χ2v) is 4.30. The number of benzene rings is 1. The van der Waals surface area contributed by atoms with Crippen LogP contribution in [0, 0.1) is 22.5 Å². The van der Waals surface area contributed by atoms with Crippen LogP contribution in [0.4, 0.5) is 5.69 Å². The Morgan fingerprint density at radius 1 is 1.61 bits per heavy atom. The molecule has 1 rings (SSSR count). The van der Waals surface area contributed by atoms with Crippen LogP contribution in [0.1, 0.15) is 25.3 Å². The quantitative estimate of drug-likeness (QED) is 0.489. The molecule has 96 valence electrons. The van der Waals surface area contributed by atoms with Crippen molar-refractivity contribution in [2.45, 2.75) is 32.4 Å². The van der Waals surface area contributed by atoms with Crippen LogP contribution in [0.15, 0.2) is 18.2 Å². The van der Waals surface area contributed by atoms with Gasteiger partial charge in [-0.25, -0.2) is 0 Å². The van der Waals surface area contributed by atoms with E-state index in [0.717, 1.165) is 6.42 Å². The van der Waals surface area contributed by atoms with Crippen LogP contribution in [0.5, 0.6) is 0 Å². The third-order valence-electron chi connectivity index (χ3n) is 2.72. The lowest BCUT2D eigenvalue weighted by Gasteiger charge is -2.14. The first kappa shape index (κ1) is 14.5. The maximum absolute atomic E-state index is 10.9. The van der Waals surface area contributed by atoms with Crippen molar-refractivity contribution < 1.29 is 4.92 Å². The van der Waals surface area contributed by atoms with Gasteiger partial charge < -0.3 is 5.32 Å². The molecule has 1 aromatic rings. The zero-order chi connectivity index (χ0) is 13.5. The number of nitrogens with zero attached hydrogens (tertiary/aromatic N) is 1. The van der Waals surface area contributed by atoms with Crippen LogP contribution in [0.3, 0.4) is 0 Å². The molecule has 4 nitrogen and oxygen atoms in total. The Morgan fingerprint density at radius 3 is 2.89 bits per heavy atom. The monoisotopic (exact) mass is 266 g/mol. The molecule has 5 heteroatoms. The lowest BCUT2D eigenvalue weighted by Crippen LogP contribution is -2.27. The summed E-state index contributed by atoms with van der Waals surface area (Å²) in [6, 6.07) is 4.81. The van der Waals surface area contributed by atoms with Gasteiger partial charge in [-0.2, -0.15) is 0 Å². The molecule has 0 amide bonds. The van der Waals surface area contributed by atoms with Gasteiger partial charge >= 0.3 is 0 Å². The van der Waals surface area contributed by atoms with Gasteiger partial charge in [0.25, 0.3) is 5.69 Å². The number of hydrogen-bond acceptors (Lipinski definition) is 3. The zero-order valence-corrected chi connectivity index (χ0v) is 10.9.